The molecule has 2 aliphatic heterocycles. The summed E-state index contributed by atoms with van der Waals surface area (Å²) in [6.07, 6.45) is 8.69. The second-order valence-corrected chi connectivity index (χ2v) is 8.83. The SMILES string of the molecule is C/C=C(\C=C/CN(C)C(C)=O)N1CCc2c(C(N)=O)nn(-c3ccc(OC)cc3)c2C1=O.C1CCNC1.CC.CC. The monoisotopic (exact) mass is 568 g/mol. The Balaban J connectivity index is 0.000000813. The zero-order valence-corrected chi connectivity index (χ0v) is 26.0. The number of hydrogen-bond acceptors (Lipinski definition) is 6. The van der Waals surface area contributed by atoms with E-state index >= 15 is 0 Å². The minimum atomic E-state index is -0.673. The highest BCUT2D eigenvalue weighted by Gasteiger charge is 2.34. The molecular formula is C31H48N6O4. The van der Waals surface area contributed by atoms with E-state index in [0.29, 0.717) is 47.9 Å². The summed E-state index contributed by atoms with van der Waals surface area (Å²) in [5, 5.41) is 7.59. The molecule has 0 saturated carbocycles. The lowest BCUT2D eigenvalue weighted by Crippen LogP contribution is -2.38. The number of benzene rings is 1. The summed E-state index contributed by atoms with van der Waals surface area (Å²) in [6, 6.07) is 7.03. The zero-order chi connectivity index (χ0) is 30.9. The van der Waals surface area contributed by atoms with Crippen LogP contribution in [0.25, 0.3) is 5.69 Å². The van der Waals surface area contributed by atoms with Crippen molar-refractivity contribution in [2.45, 2.75) is 60.8 Å². The Bertz CT molecular complexity index is 1170. The van der Waals surface area contributed by atoms with Crippen molar-refractivity contribution in [3.63, 3.8) is 0 Å². The van der Waals surface area contributed by atoms with Crippen molar-refractivity contribution in [3.8, 4) is 11.4 Å². The fourth-order valence-corrected chi connectivity index (χ4v) is 4.14. The van der Waals surface area contributed by atoms with Crippen LogP contribution in [-0.2, 0) is 11.2 Å². The van der Waals surface area contributed by atoms with Crippen LogP contribution in [0, 0.1) is 0 Å². The van der Waals surface area contributed by atoms with Gasteiger partial charge in [0.1, 0.15) is 11.4 Å². The number of primary amides is 1. The molecular weight excluding hydrogens is 520 g/mol. The van der Waals surface area contributed by atoms with Gasteiger partial charge in [-0.05, 0) is 69.6 Å². The molecule has 1 aromatic heterocycles. The number of rotatable bonds is 7. The largest absolute Gasteiger partial charge is 0.497 e. The number of carbonyl (C=O) groups is 3. The normalized spacial score (nSPS) is 14.1. The lowest BCUT2D eigenvalue weighted by Gasteiger charge is -2.28. The minimum absolute atomic E-state index is 0.0438. The molecule has 0 atom stereocenters. The average molecular weight is 569 g/mol. The van der Waals surface area contributed by atoms with Crippen molar-refractivity contribution >= 4 is 17.7 Å². The van der Waals surface area contributed by atoms with Crippen molar-refractivity contribution in [2.24, 2.45) is 5.73 Å². The van der Waals surface area contributed by atoms with Crippen molar-refractivity contribution in [1.82, 2.24) is 24.9 Å². The first-order valence-corrected chi connectivity index (χ1v) is 14.4. The number of hydrogen-bond donors (Lipinski definition) is 2. The topological polar surface area (TPSA) is 123 Å². The molecule has 4 rings (SSSR count). The van der Waals surface area contributed by atoms with E-state index < -0.39 is 5.91 Å². The van der Waals surface area contributed by atoms with Crippen LogP contribution >= 0.6 is 0 Å². The lowest BCUT2D eigenvalue weighted by molar-refractivity contribution is -0.127. The van der Waals surface area contributed by atoms with Crippen molar-refractivity contribution < 1.29 is 19.1 Å². The fourth-order valence-electron chi connectivity index (χ4n) is 4.14. The molecule has 0 unspecified atom stereocenters. The number of amides is 3. The fraction of sp³-hybridized carbons (Fsp3) is 0.484. The van der Waals surface area contributed by atoms with E-state index in [9.17, 15) is 14.4 Å². The highest BCUT2D eigenvalue weighted by Crippen LogP contribution is 2.28. The van der Waals surface area contributed by atoms with Crippen LogP contribution in [0.3, 0.4) is 0 Å². The third-order valence-electron chi connectivity index (χ3n) is 6.34. The molecule has 0 bridgehead atoms. The van der Waals surface area contributed by atoms with Gasteiger partial charge in [-0.2, -0.15) is 5.10 Å². The number of methoxy groups -OCH3 is 1. The molecule has 0 spiro atoms. The highest BCUT2D eigenvalue weighted by atomic mass is 16.5. The summed E-state index contributed by atoms with van der Waals surface area (Å²) in [5.41, 5.74) is 7.81. The number of likely N-dealkylation sites (N-methyl/N-ethyl adjacent to an activating group) is 1. The predicted molar refractivity (Wildman–Crippen MR) is 164 cm³/mol. The molecule has 10 heteroatoms. The van der Waals surface area contributed by atoms with Crippen LogP contribution in [-0.4, -0.2) is 77.6 Å². The Morgan fingerprint density at radius 1 is 1.12 bits per heavy atom. The van der Waals surface area contributed by atoms with E-state index in [1.54, 1.807) is 48.2 Å². The van der Waals surface area contributed by atoms with E-state index in [0.717, 1.165) is 0 Å². The van der Waals surface area contributed by atoms with E-state index in [2.05, 4.69) is 10.4 Å². The Morgan fingerprint density at radius 3 is 2.20 bits per heavy atom. The van der Waals surface area contributed by atoms with Crippen LogP contribution in [0.4, 0.5) is 0 Å². The van der Waals surface area contributed by atoms with Gasteiger partial charge in [-0.1, -0.05) is 39.8 Å². The summed E-state index contributed by atoms with van der Waals surface area (Å²) in [5.74, 6) is -0.333. The molecule has 10 nitrogen and oxygen atoms in total. The van der Waals surface area contributed by atoms with Gasteiger partial charge in [-0.25, -0.2) is 4.68 Å². The number of nitrogens with one attached hydrogen (secondary N) is 1. The Kier molecular flexibility index (Phi) is 15.8. The molecule has 0 aliphatic carbocycles. The Hall–Kier alpha value is -3.92. The maximum absolute atomic E-state index is 13.5. The van der Waals surface area contributed by atoms with E-state index in [1.165, 1.54) is 37.5 Å². The van der Waals surface area contributed by atoms with E-state index in [-0.39, 0.29) is 17.5 Å². The van der Waals surface area contributed by atoms with Gasteiger partial charge in [0, 0.05) is 38.3 Å². The van der Waals surface area contributed by atoms with Crippen molar-refractivity contribution in [2.75, 3.05) is 40.3 Å². The molecule has 2 aromatic rings. The summed E-state index contributed by atoms with van der Waals surface area (Å²) in [7, 11) is 3.27. The van der Waals surface area contributed by atoms with Crippen molar-refractivity contribution in [3.05, 3.63) is 65.1 Å². The smallest absolute Gasteiger partial charge is 0.277 e. The lowest BCUT2D eigenvalue weighted by atomic mass is 10.0. The van der Waals surface area contributed by atoms with Gasteiger partial charge in [0.15, 0.2) is 5.69 Å². The van der Waals surface area contributed by atoms with Crippen LogP contribution in [0.2, 0.25) is 0 Å². The number of allylic oxidation sites excluding steroid dienone is 2. The van der Waals surface area contributed by atoms with E-state index in [1.807, 2.05) is 52.8 Å². The quantitative estimate of drug-likeness (QED) is 0.479. The Labute approximate surface area is 245 Å². The third kappa shape index (κ3) is 9.60. The molecule has 3 amide bonds. The van der Waals surface area contributed by atoms with Gasteiger partial charge in [0.25, 0.3) is 11.8 Å². The predicted octanol–water partition coefficient (Wildman–Crippen LogP) is 4.34. The second-order valence-electron chi connectivity index (χ2n) is 8.83. The van der Waals surface area contributed by atoms with Gasteiger partial charge < -0.3 is 25.6 Å². The first kappa shape index (κ1) is 35.1. The maximum Gasteiger partial charge on any atom is 0.277 e. The number of nitrogens with two attached hydrogens (primary N) is 1. The summed E-state index contributed by atoms with van der Waals surface area (Å²) >= 11 is 0. The number of nitrogens with zero attached hydrogens (tertiary/aromatic N) is 4. The van der Waals surface area contributed by atoms with Crippen molar-refractivity contribution in [1.29, 1.82) is 0 Å². The number of carbonyl (C=O) groups excluding carboxylic acids is 3. The third-order valence-corrected chi connectivity index (χ3v) is 6.34. The maximum atomic E-state index is 13.5. The molecule has 41 heavy (non-hydrogen) atoms. The summed E-state index contributed by atoms with van der Waals surface area (Å²) in [6.45, 7) is 14.6. The van der Waals surface area contributed by atoms with Gasteiger partial charge >= 0.3 is 0 Å². The van der Waals surface area contributed by atoms with Gasteiger partial charge in [-0.3, -0.25) is 14.4 Å². The first-order chi connectivity index (χ1) is 19.8. The summed E-state index contributed by atoms with van der Waals surface area (Å²) in [4.78, 5) is 40.1. The molecule has 1 saturated heterocycles. The molecule has 2 aliphatic rings. The van der Waals surface area contributed by atoms with Gasteiger partial charge in [-0.15, -0.1) is 0 Å². The van der Waals surface area contributed by atoms with Gasteiger partial charge in [0.2, 0.25) is 5.91 Å². The second kappa shape index (κ2) is 18.4. The van der Waals surface area contributed by atoms with Crippen LogP contribution in [0.5, 0.6) is 5.75 Å². The molecule has 3 heterocycles. The van der Waals surface area contributed by atoms with Gasteiger partial charge in [0.05, 0.1) is 12.8 Å². The number of fused-ring (bicyclic) bond motifs is 1. The number of ether oxygens (including phenoxy) is 1. The first-order valence-electron chi connectivity index (χ1n) is 14.4. The zero-order valence-electron chi connectivity index (χ0n) is 26.0. The molecule has 1 fully saturated rings. The highest BCUT2D eigenvalue weighted by molar-refractivity contribution is 6.02. The van der Waals surface area contributed by atoms with Crippen LogP contribution < -0.4 is 15.8 Å². The number of aromatic nitrogens is 2. The molecule has 226 valence electrons. The van der Waals surface area contributed by atoms with Crippen LogP contribution in [0.15, 0.2) is 48.2 Å². The molecule has 1 aromatic carbocycles. The molecule has 0 radical (unpaired) electrons. The van der Waals surface area contributed by atoms with Crippen LogP contribution in [0.1, 0.15) is 80.9 Å². The van der Waals surface area contributed by atoms with E-state index in [4.69, 9.17) is 10.5 Å². The summed E-state index contributed by atoms with van der Waals surface area (Å²) < 4.78 is 6.66. The average Bonchev–Trinajstić information content (AvgIpc) is 3.71. The minimum Gasteiger partial charge on any atom is -0.497 e. The standard InChI is InChI=1S/C23H27N5O4.C4H9N.2C2H6/c1-5-16(7-6-13-26(3)15(2)29)27-14-12-19-20(22(24)30)25-28(21(19)23(27)31)17-8-10-18(32-4)11-9-17;1-2-4-5-3-1;2*1-2/h5-11H,12-14H2,1-4H3,(H2,24,30);5H,1-4H2;2*1-2H3/b7-6-,16-5+;;;. The molecule has 3 N–H and O–H groups in total. The Morgan fingerprint density at radius 2 is 1.73 bits per heavy atom.